The molecule has 0 unspecified atom stereocenters. The molecule has 2 aliphatic rings. The summed E-state index contributed by atoms with van der Waals surface area (Å²) in [5.74, 6) is 0.163. The van der Waals surface area contributed by atoms with Crippen molar-refractivity contribution in [2.24, 2.45) is 0 Å². The number of pyridine rings is 1. The Labute approximate surface area is 140 Å². The fraction of sp³-hybridized carbons (Fsp3) is 0.444. The standard InChI is InChI=1S/C18H20ClN3O/c1-11-14-4-2-3-5-15(14)21-16(18(11)19)10-22-12-6-7-13(22)9-20-17(23)8-12/h2-5,12-13H,6-10H2,1H3,(H,20,23)/t12-,13-/m0/s1. The molecule has 1 aromatic heterocycles. The van der Waals surface area contributed by atoms with E-state index in [1.807, 2.05) is 18.2 Å². The molecule has 2 aromatic rings. The second-order valence-corrected chi connectivity index (χ2v) is 6.96. The summed E-state index contributed by atoms with van der Waals surface area (Å²) >= 11 is 6.61. The number of amides is 1. The second kappa shape index (κ2) is 5.77. The first-order chi connectivity index (χ1) is 11.1. The molecule has 2 fully saturated rings. The molecule has 1 aromatic carbocycles. The van der Waals surface area contributed by atoms with Gasteiger partial charge in [0.2, 0.25) is 5.91 Å². The smallest absolute Gasteiger partial charge is 0.221 e. The largest absolute Gasteiger partial charge is 0.354 e. The zero-order chi connectivity index (χ0) is 16.0. The van der Waals surface area contributed by atoms with E-state index in [0.717, 1.165) is 53.1 Å². The lowest BCUT2D eigenvalue weighted by atomic mass is 10.1. The van der Waals surface area contributed by atoms with Gasteiger partial charge < -0.3 is 5.32 Å². The van der Waals surface area contributed by atoms with Crippen molar-refractivity contribution in [2.75, 3.05) is 6.54 Å². The van der Waals surface area contributed by atoms with Gasteiger partial charge in [-0.05, 0) is 31.4 Å². The number of nitrogens with zero attached hydrogens (tertiary/aromatic N) is 2. The number of carbonyl (C=O) groups is 1. The van der Waals surface area contributed by atoms with E-state index < -0.39 is 0 Å². The number of carbonyl (C=O) groups excluding carboxylic acids is 1. The maximum atomic E-state index is 11.8. The van der Waals surface area contributed by atoms with Gasteiger partial charge in [-0.3, -0.25) is 9.69 Å². The minimum absolute atomic E-state index is 0.163. The highest BCUT2D eigenvalue weighted by molar-refractivity contribution is 6.32. The number of fused-ring (bicyclic) bond motifs is 3. The molecule has 23 heavy (non-hydrogen) atoms. The number of aromatic nitrogens is 1. The van der Waals surface area contributed by atoms with E-state index >= 15 is 0 Å². The van der Waals surface area contributed by atoms with Crippen LogP contribution in [0.5, 0.6) is 0 Å². The molecule has 4 nitrogen and oxygen atoms in total. The number of hydrogen-bond donors (Lipinski definition) is 1. The minimum atomic E-state index is 0.163. The van der Waals surface area contributed by atoms with Gasteiger partial charge in [-0.2, -0.15) is 0 Å². The third kappa shape index (κ3) is 2.60. The van der Waals surface area contributed by atoms with Crippen molar-refractivity contribution in [3.63, 3.8) is 0 Å². The number of nitrogens with one attached hydrogen (secondary N) is 1. The first-order valence-electron chi connectivity index (χ1n) is 8.19. The van der Waals surface area contributed by atoms with Gasteiger partial charge in [0, 0.05) is 37.0 Å². The summed E-state index contributed by atoms with van der Waals surface area (Å²) in [7, 11) is 0. The predicted octanol–water partition coefficient (Wildman–Crippen LogP) is 3.05. The second-order valence-electron chi connectivity index (χ2n) is 6.58. The summed E-state index contributed by atoms with van der Waals surface area (Å²) in [6, 6.07) is 8.82. The Morgan fingerprint density at radius 3 is 2.96 bits per heavy atom. The summed E-state index contributed by atoms with van der Waals surface area (Å²) in [6.45, 7) is 3.51. The molecule has 2 bridgehead atoms. The Morgan fingerprint density at radius 2 is 2.09 bits per heavy atom. The third-order valence-electron chi connectivity index (χ3n) is 5.21. The maximum Gasteiger partial charge on any atom is 0.221 e. The van der Waals surface area contributed by atoms with Crippen molar-refractivity contribution in [3.05, 3.63) is 40.5 Å². The molecule has 120 valence electrons. The van der Waals surface area contributed by atoms with E-state index in [4.69, 9.17) is 16.6 Å². The molecule has 0 saturated carbocycles. The van der Waals surface area contributed by atoms with E-state index in [0.29, 0.717) is 18.5 Å². The van der Waals surface area contributed by atoms with Gasteiger partial charge in [-0.25, -0.2) is 4.98 Å². The van der Waals surface area contributed by atoms with E-state index in [2.05, 4.69) is 23.2 Å². The Hall–Kier alpha value is -1.65. The van der Waals surface area contributed by atoms with E-state index in [1.165, 1.54) is 0 Å². The van der Waals surface area contributed by atoms with Crippen LogP contribution in [0.1, 0.15) is 30.5 Å². The van der Waals surface area contributed by atoms with Crippen LogP contribution in [-0.4, -0.2) is 34.4 Å². The molecule has 3 heterocycles. The van der Waals surface area contributed by atoms with Crippen LogP contribution in [0.25, 0.3) is 10.9 Å². The quantitative estimate of drug-likeness (QED) is 0.921. The minimum Gasteiger partial charge on any atom is -0.354 e. The molecule has 0 radical (unpaired) electrons. The summed E-state index contributed by atoms with van der Waals surface area (Å²) in [5, 5.41) is 4.88. The van der Waals surface area contributed by atoms with Crippen LogP contribution in [0.4, 0.5) is 0 Å². The molecule has 0 spiro atoms. The molecule has 4 rings (SSSR count). The summed E-state index contributed by atoms with van der Waals surface area (Å²) < 4.78 is 0. The van der Waals surface area contributed by atoms with Gasteiger partial charge in [0.05, 0.1) is 16.2 Å². The van der Waals surface area contributed by atoms with Gasteiger partial charge in [0.1, 0.15) is 0 Å². The zero-order valence-electron chi connectivity index (χ0n) is 13.2. The molecular weight excluding hydrogens is 310 g/mol. The SMILES string of the molecule is Cc1c(Cl)c(CN2[C@H]3CC[C@H]2CC(=O)NC3)nc2ccccc12. The molecule has 2 aliphatic heterocycles. The van der Waals surface area contributed by atoms with Gasteiger partial charge in [-0.15, -0.1) is 0 Å². The van der Waals surface area contributed by atoms with Crippen LogP contribution in [0, 0.1) is 6.92 Å². The van der Waals surface area contributed by atoms with Gasteiger partial charge in [0.25, 0.3) is 0 Å². The third-order valence-corrected chi connectivity index (χ3v) is 5.71. The molecule has 1 amide bonds. The van der Waals surface area contributed by atoms with Crippen LogP contribution in [0.3, 0.4) is 0 Å². The average molecular weight is 330 g/mol. The molecule has 2 saturated heterocycles. The lowest BCUT2D eigenvalue weighted by Gasteiger charge is -2.27. The summed E-state index contributed by atoms with van der Waals surface area (Å²) in [4.78, 5) is 19.0. The van der Waals surface area contributed by atoms with Gasteiger partial charge in [-0.1, -0.05) is 29.8 Å². The van der Waals surface area contributed by atoms with Crippen LogP contribution < -0.4 is 5.32 Å². The Kier molecular flexibility index (Phi) is 3.74. The zero-order valence-corrected chi connectivity index (χ0v) is 13.9. The molecule has 0 aliphatic carbocycles. The average Bonchev–Trinajstić information content (AvgIpc) is 2.83. The first kappa shape index (κ1) is 14.9. The number of benzene rings is 1. The normalized spacial score (nSPS) is 24.7. The Bertz CT molecular complexity index is 776. The lowest BCUT2D eigenvalue weighted by molar-refractivity contribution is -0.121. The topological polar surface area (TPSA) is 45.2 Å². The highest BCUT2D eigenvalue weighted by Crippen LogP contribution is 2.33. The highest BCUT2D eigenvalue weighted by Gasteiger charge is 2.37. The monoisotopic (exact) mass is 329 g/mol. The fourth-order valence-electron chi connectivity index (χ4n) is 3.92. The first-order valence-corrected chi connectivity index (χ1v) is 8.57. The number of hydrogen-bond acceptors (Lipinski definition) is 3. The van der Waals surface area contributed by atoms with Crippen molar-refractivity contribution >= 4 is 28.4 Å². The number of rotatable bonds is 2. The van der Waals surface area contributed by atoms with Crippen LogP contribution in [0.15, 0.2) is 24.3 Å². The van der Waals surface area contributed by atoms with Crippen molar-refractivity contribution in [1.29, 1.82) is 0 Å². The molecule has 2 atom stereocenters. The number of halogens is 1. The van der Waals surface area contributed by atoms with Crippen LogP contribution in [0.2, 0.25) is 5.02 Å². The van der Waals surface area contributed by atoms with Crippen molar-refractivity contribution in [2.45, 2.75) is 44.8 Å². The highest BCUT2D eigenvalue weighted by atomic mass is 35.5. The maximum absolute atomic E-state index is 11.8. The van der Waals surface area contributed by atoms with Crippen LogP contribution in [-0.2, 0) is 11.3 Å². The van der Waals surface area contributed by atoms with Gasteiger partial charge in [0.15, 0.2) is 0 Å². The molecule has 1 N–H and O–H groups in total. The summed E-state index contributed by atoms with van der Waals surface area (Å²) in [5.41, 5.74) is 3.00. The summed E-state index contributed by atoms with van der Waals surface area (Å²) in [6.07, 6.45) is 2.80. The van der Waals surface area contributed by atoms with Crippen molar-refractivity contribution in [3.8, 4) is 0 Å². The lowest BCUT2D eigenvalue weighted by Crippen LogP contribution is -2.37. The number of para-hydroxylation sites is 1. The van der Waals surface area contributed by atoms with Crippen molar-refractivity contribution < 1.29 is 4.79 Å². The molecular formula is C18H20ClN3O. The van der Waals surface area contributed by atoms with Crippen molar-refractivity contribution in [1.82, 2.24) is 15.2 Å². The van der Waals surface area contributed by atoms with E-state index in [1.54, 1.807) is 0 Å². The van der Waals surface area contributed by atoms with Crippen LogP contribution >= 0.6 is 11.6 Å². The van der Waals surface area contributed by atoms with E-state index in [9.17, 15) is 4.79 Å². The fourth-order valence-corrected chi connectivity index (χ4v) is 4.13. The van der Waals surface area contributed by atoms with E-state index in [-0.39, 0.29) is 5.91 Å². The Balaban J connectivity index is 1.70. The predicted molar refractivity (Wildman–Crippen MR) is 91.5 cm³/mol. The molecule has 5 heteroatoms. The number of aryl methyl sites for hydroxylation is 1. The Morgan fingerprint density at radius 1 is 1.30 bits per heavy atom. The van der Waals surface area contributed by atoms with Gasteiger partial charge >= 0.3 is 0 Å².